The molecule has 0 aliphatic carbocycles. The number of hydrogen-bond donors (Lipinski definition) is 2. The van der Waals surface area contributed by atoms with Crippen LogP contribution in [0.1, 0.15) is 17.7 Å². The van der Waals surface area contributed by atoms with E-state index in [1.165, 1.54) is 7.11 Å². The molecular weight excluding hydrogens is 412 g/mol. The number of para-hydroxylation sites is 1. The molecule has 0 atom stereocenters. The molecule has 0 saturated carbocycles. The normalized spacial score (nSPS) is 10.5. The average molecular weight is 438 g/mol. The first kappa shape index (κ1) is 22.8. The van der Waals surface area contributed by atoms with Crippen LogP contribution in [0.4, 0.5) is 0 Å². The van der Waals surface area contributed by atoms with Gasteiger partial charge in [-0.05, 0) is 36.2 Å². The zero-order valence-electron chi connectivity index (χ0n) is 18.3. The summed E-state index contributed by atoms with van der Waals surface area (Å²) in [4.78, 5) is 27.3. The molecule has 2 N–H and O–H groups in total. The second-order valence-corrected chi connectivity index (χ2v) is 6.93. The van der Waals surface area contributed by atoms with Gasteiger partial charge in [0.2, 0.25) is 5.91 Å². The molecule has 0 radical (unpaired) electrons. The van der Waals surface area contributed by atoms with Crippen molar-refractivity contribution in [1.29, 1.82) is 0 Å². The van der Waals surface area contributed by atoms with E-state index in [-0.39, 0.29) is 30.0 Å². The number of nitrogens with zero attached hydrogens (tertiary/aromatic N) is 2. The maximum atomic E-state index is 12.4. The second-order valence-electron chi connectivity index (χ2n) is 6.93. The van der Waals surface area contributed by atoms with Crippen molar-refractivity contribution in [3.63, 3.8) is 0 Å². The lowest BCUT2D eigenvalue weighted by atomic mass is 10.1. The molecule has 9 nitrogen and oxygen atoms in total. The van der Waals surface area contributed by atoms with Gasteiger partial charge in [0.25, 0.3) is 5.56 Å². The molecular formula is C23H26N4O5. The highest BCUT2D eigenvalue weighted by Gasteiger charge is 2.12. The zero-order chi connectivity index (χ0) is 22.9. The number of nitrogens with one attached hydrogen (secondary N) is 2. The minimum absolute atomic E-state index is 0.138. The van der Waals surface area contributed by atoms with Crippen molar-refractivity contribution >= 4 is 5.91 Å². The fourth-order valence-electron chi connectivity index (χ4n) is 3.20. The van der Waals surface area contributed by atoms with Crippen LogP contribution >= 0.6 is 0 Å². The molecule has 2 aromatic carbocycles. The van der Waals surface area contributed by atoms with Crippen molar-refractivity contribution in [2.24, 2.45) is 0 Å². The van der Waals surface area contributed by atoms with Crippen LogP contribution in [0.15, 0.2) is 47.3 Å². The fourth-order valence-corrected chi connectivity index (χ4v) is 3.20. The number of rotatable bonds is 10. The van der Waals surface area contributed by atoms with E-state index in [0.29, 0.717) is 35.9 Å². The number of H-pyrrole nitrogens is 1. The summed E-state index contributed by atoms with van der Waals surface area (Å²) in [5.74, 6) is 2.02. The summed E-state index contributed by atoms with van der Waals surface area (Å²) in [6, 6.07) is 12.8. The van der Waals surface area contributed by atoms with E-state index in [1.807, 2.05) is 24.3 Å². The van der Waals surface area contributed by atoms with Gasteiger partial charge in [-0.2, -0.15) is 0 Å². The summed E-state index contributed by atoms with van der Waals surface area (Å²) in [6.07, 6.45) is 0.977. The third-order valence-corrected chi connectivity index (χ3v) is 4.92. The molecule has 0 aliphatic rings. The lowest BCUT2D eigenvalue weighted by Gasteiger charge is -2.09. The van der Waals surface area contributed by atoms with Crippen LogP contribution in [-0.2, 0) is 17.6 Å². The number of benzene rings is 2. The Morgan fingerprint density at radius 1 is 0.938 bits per heavy atom. The number of aryl methyl sites for hydroxylation is 1. The van der Waals surface area contributed by atoms with E-state index in [4.69, 9.17) is 14.2 Å². The van der Waals surface area contributed by atoms with Gasteiger partial charge in [0.05, 0.1) is 21.3 Å². The summed E-state index contributed by atoms with van der Waals surface area (Å²) in [5.41, 5.74) is 1.47. The first-order valence-electron chi connectivity index (χ1n) is 10.1. The summed E-state index contributed by atoms with van der Waals surface area (Å²) < 4.78 is 15.8. The first-order valence-corrected chi connectivity index (χ1v) is 10.1. The fraction of sp³-hybridized carbons (Fsp3) is 0.304. The molecule has 3 rings (SSSR count). The van der Waals surface area contributed by atoms with Crippen LogP contribution < -0.4 is 25.1 Å². The highest BCUT2D eigenvalue weighted by molar-refractivity contribution is 5.76. The summed E-state index contributed by atoms with van der Waals surface area (Å²) in [5, 5.41) is 11.0. The van der Waals surface area contributed by atoms with E-state index in [0.717, 1.165) is 11.3 Å². The molecule has 1 aromatic heterocycles. The number of amides is 1. The maximum Gasteiger partial charge on any atom is 0.273 e. The SMILES string of the molecule is COc1ccccc1CCNC(=O)CCc1nnc(-c2ccc(OC)c(OC)c2)[nH]c1=O. The van der Waals surface area contributed by atoms with Crippen molar-refractivity contribution in [3.05, 3.63) is 64.1 Å². The Hall–Kier alpha value is -3.88. The minimum Gasteiger partial charge on any atom is -0.496 e. The molecule has 0 unspecified atom stereocenters. The van der Waals surface area contributed by atoms with Crippen molar-refractivity contribution in [2.45, 2.75) is 19.3 Å². The van der Waals surface area contributed by atoms with Gasteiger partial charge in [-0.15, -0.1) is 10.2 Å². The quantitative estimate of drug-likeness (QED) is 0.498. The van der Waals surface area contributed by atoms with Crippen LogP contribution in [0, 0.1) is 0 Å². The smallest absolute Gasteiger partial charge is 0.273 e. The molecule has 168 valence electrons. The van der Waals surface area contributed by atoms with Crippen LogP contribution in [-0.4, -0.2) is 49.0 Å². The molecule has 0 fully saturated rings. The van der Waals surface area contributed by atoms with E-state index in [2.05, 4.69) is 20.5 Å². The summed E-state index contributed by atoms with van der Waals surface area (Å²) in [7, 11) is 4.69. The third kappa shape index (κ3) is 5.63. The highest BCUT2D eigenvalue weighted by atomic mass is 16.5. The summed E-state index contributed by atoms with van der Waals surface area (Å²) in [6.45, 7) is 0.472. The van der Waals surface area contributed by atoms with Gasteiger partial charge < -0.3 is 24.5 Å². The van der Waals surface area contributed by atoms with Gasteiger partial charge in [-0.25, -0.2) is 0 Å². The third-order valence-electron chi connectivity index (χ3n) is 4.92. The number of methoxy groups -OCH3 is 3. The van der Waals surface area contributed by atoms with Gasteiger partial charge in [0.1, 0.15) is 11.4 Å². The average Bonchev–Trinajstić information content (AvgIpc) is 2.83. The topological polar surface area (TPSA) is 115 Å². The number of aromatic amines is 1. The highest BCUT2D eigenvalue weighted by Crippen LogP contribution is 2.30. The Balaban J connectivity index is 1.56. The van der Waals surface area contributed by atoms with Crippen LogP contribution in [0.2, 0.25) is 0 Å². The van der Waals surface area contributed by atoms with Gasteiger partial charge in [0.15, 0.2) is 17.3 Å². The lowest BCUT2D eigenvalue weighted by Crippen LogP contribution is -2.27. The van der Waals surface area contributed by atoms with Crippen molar-refractivity contribution < 1.29 is 19.0 Å². The van der Waals surface area contributed by atoms with Crippen LogP contribution in [0.5, 0.6) is 17.2 Å². The van der Waals surface area contributed by atoms with Gasteiger partial charge >= 0.3 is 0 Å². The Bertz CT molecular complexity index is 1130. The minimum atomic E-state index is -0.383. The number of hydrogen-bond acceptors (Lipinski definition) is 7. The largest absolute Gasteiger partial charge is 0.496 e. The number of aromatic nitrogens is 3. The van der Waals surface area contributed by atoms with E-state index in [1.54, 1.807) is 32.4 Å². The van der Waals surface area contributed by atoms with Crippen molar-refractivity contribution in [2.75, 3.05) is 27.9 Å². The first-order chi connectivity index (χ1) is 15.5. The molecule has 0 aliphatic heterocycles. The molecule has 0 saturated heterocycles. The number of ether oxygens (including phenoxy) is 3. The Labute approximate surface area is 185 Å². The molecule has 1 amide bonds. The maximum absolute atomic E-state index is 12.4. The van der Waals surface area contributed by atoms with E-state index < -0.39 is 0 Å². The molecule has 0 spiro atoms. The Morgan fingerprint density at radius 2 is 1.69 bits per heavy atom. The van der Waals surface area contributed by atoms with Gasteiger partial charge in [-0.3, -0.25) is 9.59 Å². The molecule has 3 aromatic rings. The van der Waals surface area contributed by atoms with Gasteiger partial charge in [-0.1, -0.05) is 18.2 Å². The van der Waals surface area contributed by atoms with Crippen LogP contribution in [0.3, 0.4) is 0 Å². The predicted octanol–water partition coefficient (Wildman–Crippen LogP) is 2.15. The lowest BCUT2D eigenvalue weighted by molar-refractivity contribution is -0.121. The van der Waals surface area contributed by atoms with E-state index >= 15 is 0 Å². The molecule has 9 heteroatoms. The van der Waals surface area contributed by atoms with Crippen LogP contribution in [0.25, 0.3) is 11.4 Å². The summed E-state index contributed by atoms with van der Waals surface area (Å²) >= 11 is 0. The van der Waals surface area contributed by atoms with Gasteiger partial charge in [0, 0.05) is 24.9 Å². The second kappa shape index (κ2) is 10.9. The standard InChI is InChI=1S/C23H26N4O5/c1-30-18-7-5-4-6-15(18)12-13-24-21(28)11-9-17-23(29)25-22(27-26-17)16-8-10-19(31-2)20(14-16)32-3/h4-8,10,14H,9,11-13H2,1-3H3,(H,24,28)(H,25,27,29). The number of carbonyl (C=O) groups excluding carboxylic acids is 1. The van der Waals surface area contributed by atoms with Crippen molar-refractivity contribution in [3.8, 4) is 28.6 Å². The Kier molecular flexibility index (Phi) is 7.80. The molecule has 32 heavy (non-hydrogen) atoms. The molecule has 1 heterocycles. The molecule has 0 bridgehead atoms. The monoisotopic (exact) mass is 438 g/mol. The van der Waals surface area contributed by atoms with E-state index in [9.17, 15) is 9.59 Å². The number of carbonyl (C=O) groups is 1. The van der Waals surface area contributed by atoms with Crippen molar-refractivity contribution in [1.82, 2.24) is 20.5 Å². The predicted molar refractivity (Wildman–Crippen MR) is 119 cm³/mol. The Morgan fingerprint density at radius 3 is 2.41 bits per heavy atom. The zero-order valence-corrected chi connectivity index (χ0v) is 18.3.